The van der Waals surface area contributed by atoms with E-state index in [9.17, 15) is 0 Å². The van der Waals surface area contributed by atoms with E-state index in [0.29, 0.717) is 0 Å². The third-order valence-electron chi connectivity index (χ3n) is 8.92. The summed E-state index contributed by atoms with van der Waals surface area (Å²) in [5, 5.41) is 0. The van der Waals surface area contributed by atoms with Crippen LogP contribution in [0.4, 0.5) is 28.4 Å². The van der Waals surface area contributed by atoms with Crippen molar-refractivity contribution in [2.75, 3.05) is 9.80 Å². The molecular weight excluding hydrogens is 527 g/mol. The lowest BCUT2D eigenvalue weighted by atomic mass is 9.33. The molecule has 0 atom stereocenters. The number of hydrogen-bond acceptors (Lipinski definition) is 4. The fourth-order valence-corrected chi connectivity index (χ4v) is 7.13. The summed E-state index contributed by atoms with van der Waals surface area (Å²) in [4.78, 5) is 4.84. The highest BCUT2D eigenvalue weighted by molar-refractivity contribution is 7.00. The number of benzene rings is 5. The minimum Gasteiger partial charge on any atom is -0.458 e. The molecule has 3 heterocycles. The summed E-state index contributed by atoms with van der Waals surface area (Å²) < 4.78 is 13.5. The highest BCUT2D eigenvalue weighted by atomic mass is 16.5. The van der Waals surface area contributed by atoms with Crippen molar-refractivity contribution in [3.63, 3.8) is 0 Å². The van der Waals surface area contributed by atoms with E-state index in [1.54, 1.807) is 0 Å². The van der Waals surface area contributed by atoms with Crippen molar-refractivity contribution >= 4 is 51.5 Å². The van der Waals surface area contributed by atoms with Gasteiger partial charge in [0.1, 0.15) is 23.0 Å². The highest BCUT2D eigenvalue weighted by Gasteiger charge is 2.49. The normalized spacial score (nSPS) is 13.7. The number of rotatable bonds is 3. The summed E-state index contributed by atoms with van der Waals surface area (Å²) >= 11 is 0. The standard InChI is InChI=1S/C38H35BN2O2/c1-22-8-12-26(13-9-22)40(27-14-10-23(2)11-15-27)28-20-30-36-34(21-28)43-33-19-25(4)18-32-37(33)39(36)35-29(41(30)38(5,6)7)16-24(3)17-31(35)42-32/h8-21H,1-7H3. The Morgan fingerprint density at radius 3 is 1.47 bits per heavy atom. The first-order chi connectivity index (χ1) is 20.6. The van der Waals surface area contributed by atoms with Gasteiger partial charge in [0.25, 0.3) is 6.71 Å². The Labute approximate surface area is 254 Å². The van der Waals surface area contributed by atoms with Crippen molar-refractivity contribution in [3.05, 3.63) is 107 Å². The second kappa shape index (κ2) is 8.93. The molecule has 0 amide bonds. The molecule has 3 aliphatic rings. The summed E-state index contributed by atoms with van der Waals surface area (Å²) in [5.74, 6) is 3.63. The van der Waals surface area contributed by atoms with Gasteiger partial charge in [0, 0.05) is 39.8 Å². The highest BCUT2D eigenvalue weighted by Crippen LogP contribution is 2.48. The molecule has 0 saturated carbocycles. The van der Waals surface area contributed by atoms with E-state index >= 15 is 0 Å². The minimum absolute atomic E-state index is 0.0450. The van der Waals surface area contributed by atoms with Crippen LogP contribution in [-0.4, -0.2) is 12.3 Å². The summed E-state index contributed by atoms with van der Waals surface area (Å²) in [7, 11) is 0. The smallest absolute Gasteiger partial charge is 0.266 e. The predicted molar refractivity (Wildman–Crippen MR) is 180 cm³/mol. The Morgan fingerprint density at radius 1 is 0.512 bits per heavy atom. The van der Waals surface area contributed by atoms with E-state index in [1.807, 2.05) is 0 Å². The van der Waals surface area contributed by atoms with Gasteiger partial charge in [-0.2, -0.15) is 0 Å². The molecule has 0 radical (unpaired) electrons. The van der Waals surface area contributed by atoms with Crippen molar-refractivity contribution < 1.29 is 9.47 Å². The maximum atomic E-state index is 6.88. The third-order valence-corrected chi connectivity index (χ3v) is 8.92. The van der Waals surface area contributed by atoms with Crippen LogP contribution < -0.4 is 35.7 Å². The zero-order valence-electron chi connectivity index (χ0n) is 25.9. The largest absolute Gasteiger partial charge is 0.458 e. The lowest BCUT2D eigenvalue weighted by Gasteiger charge is -2.48. The Bertz CT molecular complexity index is 1910. The van der Waals surface area contributed by atoms with Crippen LogP contribution in [0.1, 0.15) is 43.0 Å². The molecule has 0 aliphatic carbocycles. The average Bonchev–Trinajstić information content (AvgIpc) is 2.93. The maximum absolute atomic E-state index is 6.88. The molecule has 8 rings (SSSR count). The van der Waals surface area contributed by atoms with Gasteiger partial charge >= 0.3 is 0 Å². The van der Waals surface area contributed by atoms with Gasteiger partial charge in [-0.05, 0) is 125 Å². The molecule has 4 nitrogen and oxygen atoms in total. The van der Waals surface area contributed by atoms with Crippen molar-refractivity contribution in [2.24, 2.45) is 0 Å². The molecule has 3 aliphatic heterocycles. The molecule has 0 aromatic heterocycles. The number of aryl methyl sites for hydroxylation is 4. The minimum atomic E-state index is -0.203. The van der Waals surface area contributed by atoms with Gasteiger partial charge in [-0.1, -0.05) is 35.4 Å². The maximum Gasteiger partial charge on any atom is 0.266 e. The monoisotopic (exact) mass is 562 g/mol. The van der Waals surface area contributed by atoms with Crippen LogP contribution >= 0.6 is 0 Å². The van der Waals surface area contributed by atoms with Crippen LogP contribution in [0.3, 0.4) is 0 Å². The average molecular weight is 563 g/mol. The summed E-state index contributed by atoms with van der Waals surface area (Å²) in [6.45, 7) is 15.4. The van der Waals surface area contributed by atoms with Gasteiger partial charge in [0.2, 0.25) is 0 Å². The molecule has 5 aromatic rings. The molecule has 212 valence electrons. The molecule has 0 spiro atoms. The Kier molecular flexibility index (Phi) is 5.41. The van der Waals surface area contributed by atoms with Crippen LogP contribution in [0.15, 0.2) is 84.9 Å². The topological polar surface area (TPSA) is 24.9 Å². The summed E-state index contributed by atoms with van der Waals surface area (Å²) in [6.07, 6.45) is 0. The summed E-state index contributed by atoms with van der Waals surface area (Å²) in [6, 6.07) is 31.0. The fraction of sp³-hybridized carbons (Fsp3) is 0.211. The van der Waals surface area contributed by atoms with Gasteiger partial charge in [-0.3, -0.25) is 0 Å². The van der Waals surface area contributed by atoms with Crippen LogP contribution in [0.2, 0.25) is 0 Å². The number of anilines is 5. The number of ether oxygens (including phenoxy) is 2. The van der Waals surface area contributed by atoms with Crippen molar-refractivity contribution in [2.45, 2.75) is 54.0 Å². The first-order valence-electron chi connectivity index (χ1n) is 15.1. The van der Waals surface area contributed by atoms with E-state index in [2.05, 4.69) is 143 Å². The van der Waals surface area contributed by atoms with Crippen LogP contribution in [0.25, 0.3) is 0 Å². The van der Waals surface area contributed by atoms with Gasteiger partial charge in [-0.15, -0.1) is 0 Å². The van der Waals surface area contributed by atoms with Crippen molar-refractivity contribution in [1.29, 1.82) is 0 Å². The molecule has 43 heavy (non-hydrogen) atoms. The van der Waals surface area contributed by atoms with Crippen LogP contribution in [0.5, 0.6) is 23.0 Å². The Hall–Kier alpha value is -4.64. The number of hydrogen-bond donors (Lipinski definition) is 0. The van der Waals surface area contributed by atoms with E-state index in [-0.39, 0.29) is 12.3 Å². The van der Waals surface area contributed by atoms with Crippen LogP contribution in [0, 0.1) is 27.7 Å². The molecular formula is C38H35BN2O2. The molecule has 5 aromatic carbocycles. The second-order valence-corrected chi connectivity index (χ2v) is 13.4. The van der Waals surface area contributed by atoms with E-state index in [0.717, 1.165) is 51.1 Å². The van der Waals surface area contributed by atoms with Crippen LogP contribution in [-0.2, 0) is 0 Å². The Morgan fingerprint density at radius 2 is 0.953 bits per heavy atom. The van der Waals surface area contributed by atoms with Gasteiger partial charge < -0.3 is 19.3 Å². The molecule has 0 bridgehead atoms. The van der Waals surface area contributed by atoms with E-state index in [4.69, 9.17) is 9.47 Å². The zero-order valence-corrected chi connectivity index (χ0v) is 25.9. The van der Waals surface area contributed by atoms with Crippen molar-refractivity contribution in [3.8, 4) is 23.0 Å². The van der Waals surface area contributed by atoms with Gasteiger partial charge in [-0.25, -0.2) is 0 Å². The molecule has 0 saturated heterocycles. The predicted octanol–water partition coefficient (Wildman–Crippen LogP) is 8.37. The molecule has 0 N–H and O–H groups in total. The fourth-order valence-electron chi connectivity index (χ4n) is 7.13. The first kappa shape index (κ1) is 26.0. The molecule has 0 fully saturated rings. The first-order valence-corrected chi connectivity index (χ1v) is 15.1. The Balaban J connectivity index is 1.45. The zero-order chi connectivity index (χ0) is 29.8. The second-order valence-electron chi connectivity index (χ2n) is 13.4. The quantitative estimate of drug-likeness (QED) is 0.202. The lowest BCUT2D eigenvalue weighted by molar-refractivity contribution is 0.462. The van der Waals surface area contributed by atoms with Gasteiger partial charge in [0.05, 0.1) is 5.69 Å². The van der Waals surface area contributed by atoms with Gasteiger partial charge in [0.15, 0.2) is 0 Å². The van der Waals surface area contributed by atoms with Crippen molar-refractivity contribution in [1.82, 2.24) is 0 Å². The SMILES string of the molecule is Cc1ccc(N(c2ccc(C)cc2)c2cc3c4c(c2)N(C(C)(C)C)c2cc(C)cc5c2B4c2c(cc(C)cc2O3)O5)cc1. The third kappa shape index (κ3) is 3.91. The van der Waals surface area contributed by atoms with E-state index < -0.39 is 0 Å². The lowest BCUT2D eigenvalue weighted by Crippen LogP contribution is -2.64. The molecule has 0 unspecified atom stereocenters. The summed E-state index contributed by atoms with van der Waals surface area (Å²) in [5.41, 5.74) is 13.8. The van der Waals surface area contributed by atoms with E-state index in [1.165, 1.54) is 39.0 Å². The number of nitrogens with zero attached hydrogens (tertiary/aromatic N) is 2. The molecule has 5 heteroatoms.